The minimum Gasteiger partial charge on any atom is -0.198 e. The predicted molar refractivity (Wildman–Crippen MR) is 55.2 cm³/mol. The number of H-pyrrole nitrogens is 1. The molecule has 4 heteroatoms. The first-order valence-electron chi connectivity index (χ1n) is 4.44. The van der Waals surface area contributed by atoms with Gasteiger partial charge in [-0.05, 0) is 30.5 Å². The Bertz CT molecular complexity index is 380. The molecule has 0 atom stereocenters. The summed E-state index contributed by atoms with van der Waals surface area (Å²) in [5, 5.41) is 11.1. The second-order valence-corrected chi connectivity index (χ2v) is 3.52. The molecule has 0 saturated carbocycles. The van der Waals surface area contributed by atoms with Gasteiger partial charge in [0.05, 0.1) is 11.9 Å². The lowest BCUT2D eigenvalue weighted by Gasteiger charge is -1.98. The average Bonchev–Trinajstić information content (AvgIpc) is 2.70. The van der Waals surface area contributed by atoms with Crippen LogP contribution in [0.3, 0.4) is 0 Å². The van der Waals surface area contributed by atoms with Gasteiger partial charge in [-0.25, -0.2) is 0 Å². The van der Waals surface area contributed by atoms with Crippen molar-refractivity contribution in [2.24, 2.45) is 0 Å². The third-order valence-electron chi connectivity index (χ3n) is 2.05. The number of aromatic amines is 1. The quantitative estimate of drug-likeness (QED) is 0.839. The van der Waals surface area contributed by atoms with Gasteiger partial charge in [0.2, 0.25) is 0 Å². The lowest BCUT2D eigenvalue weighted by atomic mass is 10.1. The third kappa shape index (κ3) is 2.33. The maximum absolute atomic E-state index is 5.78. The van der Waals surface area contributed by atoms with E-state index in [0.29, 0.717) is 0 Å². The van der Waals surface area contributed by atoms with Gasteiger partial charge in [-0.2, -0.15) is 15.4 Å². The lowest BCUT2D eigenvalue weighted by Crippen LogP contribution is -1.91. The molecule has 0 aliphatic carbocycles. The maximum atomic E-state index is 5.78. The van der Waals surface area contributed by atoms with Crippen LogP contribution in [0, 0.1) is 0 Å². The molecular formula is C10H10ClN3. The van der Waals surface area contributed by atoms with Gasteiger partial charge in [-0.3, -0.25) is 0 Å². The molecule has 0 aliphatic heterocycles. The van der Waals surface area contributed by atoms with Crippen LogP contribution in [0.2, 0.25) is 5.02 Å². The first kappa shape index (κ1) is 9.21. The average molecular weight is 208 g/mol. The van der Waals surface area contributed by atoms with E-state index < -0.39 is 0 Å². The molecule has 0 spiro atoms. The third-order valence-corrected chi connectivity index (χ3v) is 2.30. The van der Waals surface area contributed by atoms with Crippen LogP contribution in [0.1, 0.15) is 11.3 Å². The highest BCUT2D eigenvalue weighted by Crippen LogP contribution is 2.11. The van der Waals surface area contributed by atoms with E-state index in [4.69, 9.17) is 11.6 Å². The van der Waals surface area contributed by atoms with Gasteiger partial charge in [0.15, 0.2) is 0 Å². The van der Waals surface area contributed by atoms with Crippen molar-refractivity contribution in [2.45, 2.75) is 12.8 Å². The van der Waals surface area contributed by atoms with Crippen LogP contribution in [-0.4, -0.2) is 15.4 Å². The Hall–Kier alpha value is -1.35. The molecule has 0 fully saturated rings. The summed E-state index contributed by atoms with van der Waals surface area (Å²) in [7, 11) is 0. The van der Waals surface area contributed by atoms with Crippen LogP contribution in [-0.2, 0) is 12.8 Å². The van der Waals surface area contributed by atoms with E-state index in [1.807, 2.05) is 24.3 Å². The van der Waals surface area contributed by atoms with Crippen molar-refractivity contribution < 1.29 is 0 Å². The fraction of sp³-hybridized carbons (Fsp3) is 0.200. The summed E-state index contributed by atoms with van der Waals surface area (Å²) in [6.07, 6.45) is 3.61. The second-order valence-electron chi connectivity index (χ2n) is 3.09. The molecule has 1 aromatic heterocycles. The number of benzene rings is 1. The van der Waals surface area contributed by atoms with Crippen LogP contribution in [0.15, 0.2) is 30.5 Å². The molecule has 0 radical (unpaired) electrons. The summed E-state index contributed by atoms with van der Waals surface area (Å²) in [5.41, 5.74) is 2.25. The van der Waals surface area contributed by atoms with Crippen molar-refractivity contribution in [3.05, 3.63) is 46.7 Å². The zero-order chi connectivity index (χ0) is 9.80. The molecule has 14 heavy (non-hydrogen) atoms. The molecule has 1 aromatic carbocycles. The number of hydrogen-bond acceptors (Lipinski definition) is 2. The molecule has 72 valence electrons. The Balaban J connectivity index is 1.95. The lowest BCUT2D eigenvalue weighted by molar-refractivity contribution is 0.871. The van der Waals surface area contributed by atoms with Gasteiger partial charge >= 0.3 is 0 Å². The molecule has 0 aliphatic rings. The van der Waals surface area contributed by atoms with Crippen molar-refractivity contribution in [3.63, 3.8) is 0 Å². The Labute approximate surface area is 87.1 Å². The normalized spacial score (nSPS) is 10.4. The van der Waals surface area contributed by atoms with Gasteiger partial charge < -0.3 is 0 Å². The van der Waals surface area contributed by atoms with Gasteiger partial charge in [0.25, 0.3) is 0 Å². The summed E-state index contributed by atoms with van der Waals surface area (Å²) < 4.78 is 0. The molecule has 1 N–H and O–H groups in total. The highest BCUT2D eigenvalue weighted by Gasteiger charge is 1.97. The van der Waals surface area contributed by atoms with Gasteiger partial charge in [-0.15, -0.1) is 0 Å². The second kappa shape index (κ2) is 4.24. The fourth-order valence-corrected chi connectivity index (χ4v) is 1.40. The number of halogens is 1. The van der Waals surface area contributed by atoms with Gasteiger partial charge in [0.1, 0.15) is 0 Å². The molecule has 2 aromatic rings. The number of nitrogens with one attached hydrogen (secondary N) is 1. The standard InChI is InChI=1S/C10H10ClN3/c11-9-4-1-8(2-5-9)3-6-10-7-12-14-13-10/h1-2,4-5,7H,3,6H2,(H,12,13,14). The summed E-state index contributed by atoms with van der Waals surface area (Å²) >= 11 is 5.78. The van der Waals surface area contributed by atoms with Crippen LogP contribution in [0.25, 0.3) is 0 Å². The zero-order valence-electron chi connectivity index (χ0n) is 7.57. The smallest absolute Gasteiger partial charge is 0.0828 e. The van der Waals surface area contributed by atoms with E-state index in [9.17, 15) is 0 Å². The van der Waals surface area contributed by atoms with Crippen LogP contribution in [0.4, 0.5) is 0 Å². The molecule has 0 amide bonds. The first-order valence-corrected chi connectivity index (χ1v) is 4.81. The van der Waals surface area contributed by atoms with Crippen LogP contribution >= 0.6 is 11.6 Å². The van der Waals surface area contributed by atoms with Gasteiger partial charge in [-0.1, -0.05) is 23.7 Å². The van der Waals surface area contributed by atoms with E-state index >= 15 is 0 Å². The molecule has 1 heterocycles. The summed E-state index contributed by atoms with van der Waals surface area (Å²) in [6, 6.07) is 7.87. The summed E-state index contributed by atoms with van der Waals surface area (Å²) in [6.45, 7) is 0. The number of rotatable bonds is 3. The maximum Gasteiger partial charge on any atom is 0.0828 e. The number of nitrogens with zero attached hydrogens (tertiary/aromatic N) is 2. The van der Waals surface area contributed by atoms with E-state index in [2.05, 4.69) is 15.4 Å². The predicted octanol–water partition coefficient (Wildman–Crippen LogP) is 2.24. The van der Waals surface area contributed by atoms with Crippen LogP contribution < -0.4 is 0 Å². The largest absolute Gasteiger partial charge is 0.198 e. The van der Waals surface area contributed by atoms with Crippen molar-refractivity contribution >= 4 is 11.6 Å². The number of aromatic nitrogens is 3. The minimum absolute atomic E-state index is 0.773. The Morgan fingerprint density at radius 3 is 2.57 bits per heavy atom. The molecule has 0 bridgehead atoms. The molecular weight excluding hydrogens is 198 g/mol. The monoisotopic (exact) mass is 207 g/mol. The highest BCUT2D eigenvalue weighted by molar-refractivity contribution is 6.30. The van der Waals surface area contributed by atoms with E-state index in [1.165, 1.54) is 5.56 Å². The van der Waals surface area contributed by atoms with Crippen molar-refractivity contribution in [3.8, 4) is 0 Å². The van der Waals surface area contributed by atoms with E-state index in [-0.39, 0.29) is 0 Å². The van der Waals surface area contributed by atoms with Crippen LogP contribution in [0.5, 0.6) is 0 Å². The number of aryl methyl sites for hydroxylation is 2. The van der Waals surface area contributed by atoms with Crippen molar-refractivity contribution in [2.75, 3.05) is 0 Å². The van der Waals surface area contributed by atoms with E-state index in [0.717, 1.165) is 23.6 Å². The van der Waals surface area contributed by atoms with Crippen molar-refractivity contribution in [1.29, 1.82) is 0 Å². The molecule has 0 saturated heterocycles. The van der Waals surface area contributed by atoms with Crippen molar-refractivity contribution in [1.82, 2.24) is 15.4 Å². The Morgan fingerprint density at radius 2 is 1.93 bits per heavy atom. The molecule has 3 nitrogen and oxygen atoms in total. The Morgan fingerprint density at radius 1 is 1.14 bits per heavy atom. The topological polar surface area (TPSA) is 41.6 Å². The highest BCUT2D eigenvalue weighted by atomic mass is 35.5. The Kier molecular flexibility index (Phi) is 2.79. The van der Waals surface area contributed by atoms with E-state index in [1.54, 1.807) is 6.20 Å². The summed E-state index contributed by atoms with van der Waals surface area (Å²) in [5.74, 6) is 0. The zero-order valence-corrected chi connectivity index (χ0v) is 8.33. The molecule has 0 unspecified atom stereocenters. The number of hydrogen-bond donors (Lipinski definition) is 1. The minimum atomic E-state index is 0.773. The SMILES string of the molecule is Clc1ccc(CCc2cn[nH]n2)cc1. The summed E-state index contributed by atoms with van der Waals surface area (Å²) in [4.78, 5) is 0. The van der Waals surface area contributed by atoms with Gasteiger partial charge in [0, 0.05) is 5.02 Å². The fourth-order valence-electron chi connectivity index (χ4n) is 1.27. The molecule has 2 rings (SSSR count). The first-order chi connectivity index (χ1) is 6.84.